The molecule has 0 saturated heterocycles. The second-order valence-corrected chi connectivity index (χ2v) is 6.20. The number of rotatable bonds is 4. The first-order chi connectivity index (χ1) is 13.1. The van der Waals surface area contributed by atoms with E-state index in [1.54, 1.807) is 12.1 Å². The molecule has 0 fully saturated rings. The largest absolute Gasteiger partial charge is 0.490 e. The highest BCUT2D eigenvalue weighted by atomic mass is 19.4. The molecule has 1 unspecified atom stereocenters. The maximum absolute atomic E-state index is 13.0. The summed E-state index contributed by atoms with van der Waals surface area (Å²) in [7, 11) is 0. The summed E-state index contributed by atoms with van der Waals surface area (Å²) in [6.45, 7) is 2.02. The fraction of sp³-hybridized carbons (Fsp3) is 0.263. The molecule has 0 saturated carbocycles. The third kappa shape index (κ3) is 5.53. The lowest BCUT2D eigenvalue weighted by Crippen LogP contribution is -2.21. The molecule has 3 aromatic rings. The third-order valence-corrected chi connectivity index (χ3v) is 3.89. The summed E-state index contributed by atoms with van der Waals surface area (Å²) >= 11 is 0. The molecule has 3 rings (SSSR count). The van der Waals surface area contributed by atoms with Crippen LogP contribution in [0.3, 0.4) is 0 Å². The van der Waals surface area contributed by atoms with Gasteiger partial charge in [0.05, 0.1) is 17.4 Å². The molecule has 1 aromatic heterocycles. The Kier molecular flexibility index (Phi) is 6.74. The van der Waals surface area contributed by atoms with Crippen LogP contribution in [0.4, 0.5) is 17.6 Å². The lowest BCUT2D eigenvalue weighted by molar-refractivity contribution is -0.192. The molecule has 0 bridgehead atoms. The Balaban J connectivity index is 0.000000345. The lowest BCUT2D eigenvalue weighted by Gasteiger charge is -2.07. The van der Waals surface area contributed by atoms with Gasteiger partial charge in [0, 0.05) is 11.4 Å². The van der Waals surface area contributed by atoms with Crippen LogP contribution in [0.2, 0.25) is 0 Å². The number of nitrogens with two attached hydrogens (primary N) is 1. The molecular weight excluding hydrogens is 378 g/mol. The standard InChI is InChI=1S/C17H18FN3.C2HF3O2/c1-12(19)5-6-13-3-2-4-17-16(13)11-20-21(17)15-9-7-14(18)8-10-15;3-2(4,5)1(6)7/h2-4,7-12H,5-6,19H2,1H3;(H,6,7). The van der Waals surface area contributed by atoms with E-state index < -0.39 is 12.1 Å². The van der Waals surface area contributed by atoms with E-state index in [0.717, 1.165) is 29.4 Å². The van der Waals surface area contributed by atoms with Crippen LogP contribution in [0.1, 0.15) is 18.9 Å². The number of halogens is 4. The van der Waals surface area contributed by atoms with E-state index in [1.807, 2.05) is 29.9 Å². The number of carboxylic acids is 1. The summed E-state index contributed by atoms with van der Waals surface area (Å²) in [5, 5.41) is 12.7. The summed E-state index contributed by atoms with van der Waals surface area (Å²) in [6, 6.07) is 12.7. The quantitative estimate of drug-likeness (QED) is 0.650. The minimum atomic E-state index is -5.08. The Bertz CT molecular complexity index is 934. The highest BCUT2D eigenvalue weighted by molar-refractivity contribution is 5.83. The fourth-order valence-electron chi connectivity index (χ4n) is 2.50. The van der Waals surface area contributed by atoms with Crippen LogP contribution in [0.5, 0.6) is 0 Å². The van der Waals surface area contributed by atoms with Crippen molar-refractivity contribution < 1.29 is 27.5 Å². The van der Waals surface area contributed by atoms with Crippen molar-refractivity contribution in [1.29, 1.82) is 0 Å². The van der Waals surface area contributed by atoms with Crippen LogP contribution < -0.4 is 5.73 Å². The zero-order chi connectivity index (χ0) is 20.9. The number of carbonyl (C=O) groups is 1. The minimum absolute atomic E-state index is 0.187. The number of aliphatic carboxylic acids is 1. The summed E-state index contributed by atoms with van der Waals surface area (Å²) in [5.74, 6) is -3.00. The first-order valence-electron chi connectivity index (χ1n) is 8.37. The highest BCUT2D eigenvalue weighted by Crippen LogP contribution is 2.23. The van der Waals surface area contributed by atoms with Crippen molar-refractivity contribution in [1.82, 2.24) is 9.78 Å². The zero-order valence-corrected chi connectivity index (χ0v) is 14.9. The summed E-state index contributed by atoms with van der Waals surface area (Å²) < 4.78 is 46.6. The van der Waals surface area contributed by atoms with Gasteiger partial charge >= 0.3 is 12.1 Å². The van der Waals surface area contributed by atoms with Gasteiger partial charge in [0.1, 0.15) is 5.82 Å². The molecule has 0 aliphatic carbocycles. The maximum atomic E-state index is 13.0. The van der Waals surface area contributed by atoms with E-state index in [-0.39, 0.29) is 11.9 Å². The van der Waals surface area contributed by atoms with Crippen LogP contribution in [-0.4, -0.2) is 33.1 Å². The number of aromatic nitrogens is 2. The summed E-state index contributed by atoms with van der Waals surface area (Å²) in [6.07, 6.45) is -1.33. The first kappa shape index (κ1) is 21.4. The van der Waals surface area contributed by atoms with E-state index in [9.17, 15) is 17.6 Å². The van der Waals surface area contributed by atoms with Crippen molar-refractivity contribution in [3.63, 3.8) is 0 Å². The van der Waals surface area contributed by atoms with E-state index in [2.05, 4.69) is 11.2 Å². The van der Waals surface area contributed by atoms with Gasteiger partial charge in [-0.25, -0.2) is 13.9 Å². The average Bonchev–Trinajstić information content (AvgIpc) is 3.05. The fourth-order valence-corrected chi connectivity index (χ4v) is 2.50. The van der Waals surface area contributed by atoms with Crippen molar-refractivity contribution in [2.24, 2.45) is 5.73 Å². The minimum Gasteiger partial charge on any atom is -0.475 e. The zero-order valence-electron chi connectivity index (χ0n) is 14.9. The Hall–Kier alpha value is -2.94. The van der Waals surface area contributed by atoms with Gasteiger partial charge in [0.15, 0.2) is 0 Å². The number of hydrogen-bond donors (Lipinski definition) is 2. The molecule has 1 atom stereocenters. The Morgan fingerprint density at radius 1 is 1.21 bits per heavy atom. The molecule has 2 aromatic carbocycles. The number of aryl methyl sites for hydroxylation is 1. The molecule has 9 heteroatoms. The molecule has 3 N–H and O–H groups in total. The van der Waals surface area contributed by atoms with E-state index >= 15 is 0 Å². The van der Waals surface area contributed by atoms with Gasteiger partial charge in [0.2, 0.25) is 0 Å². The van der Waals surface area contributed by atoms with Gasteiger partial charge in [-0.3, -0.25) is 0 Å². The topological polar surface area (TPSA) is 81.1 Å². The molecule has 0 spiro atoms. The van der Waals surface area contributed by atoms with Crippen LogP contribution in [0.25, 0.3) is 16.6 Å². The molecule has 0 aliphatic rings. The Labute approximate surface area is 158 Å². The van der Waals surface area contributed by atoms with Gasteiger partial charge < -0.3 is 10.8 Å². The van der Waals surface area contributed by atoms with E-state index in [0.29, 0.717) is 0 Å². The van der Waals surface area contributed by atoms with Crippen molar-refractivity contribution in [3.05, 3.63) is 60.0 Å². The molecule has 0 amide bonds. The second-order valence-electron chi connectivity index (χ2n) is 6.20. The number of benzene rings is 2. The van der Waals surface area contributed by atoms with Crippen molar-refractivity contribution in [2.75, 3.05) is 0 Å². The second kappa shape index (κ2) is 8.83. The van der Waals surface area contributed by atoms with Crippen molar-refractivity contribution >= 4 is 16.9 Å². The monoisotopic (exact) mass is 397 g/mol. The third-order valence-electron chi connectivity index (χ3n) is 3.89. The van der Waals surface area contributed by atoms with Gasteiger partial charge in [-0.1, -0.05) is 12.1 Å². The predicted octanol–water partition coefficient (Wildman–Crippen LogP) is 4.08. The number of carboxylic acid groups (broad SMARTS) is 1. The van der Waals surface area contributed by atoms with E-state index in [1.165, 1.54) is 17.7 Å². The highest BCUT2D eigenvalue weighted by Gasteiger charge is 2.38. The number of nitrogens with zero attached hydrogens (tertiary/aromatic N) is 2. The van der Waals surface area contributed by atoms with Crippen molar-refractivity contribution in [2.45, 2.75) is 32.0 Å². The Morgan fingerprint density at radius 2 is 1.82 bits per heavy atom. The van der Waals surface area contributed by atoms with E-state index in [4.69, 9.17) is 15.6 Å². The lowest BCUT2D eigenvalue weighted by atomic mass is 10.0. The summed E-state index contributed by atoms with van der Waals surface area (Å²) in [5.41, 5.74) is 8.98. The van der Waals surface area contributed by atoms with Gasteiger partial charge in [-0.15, -0.1) is 0 Å². The number of hydrogen-bond acceptors (Lipinski definition) is 3. The molecule has 0 radical (unpaired) electrons. The smallest absolute Gasteiger partial charge is 0.475 e. The number of alkyl halides is 3. The molecule has 150 valence electrons. The van der Waals surface area contributed by atoms with Crippen LogP contribution >= 0.6 is 0 Å². The van der Waals surface area contributed by atoms with Crippen LogP contribution in [0, 0.1) is 5.82 Å². The first-order valence-corrected chi connectivity index (χ1v) is 8.37. The van der Waals surface area contributed by atoms with Crippen molar-refractivity contribution in [3.8, 4) is 5.69 Å². The Morgan fingerprint density at radius 3 is 2.36 bits per heavy atom. The molecule has 0 aliphatic heterocycles. The molecule has 1 heterocycles. The predicted molar refractivity (Wildman–Crippen MR) is 96.7 cm³/mol. The normalized spacial score (nSPS) is 12.4. The average molecular weight is 397 g/mol. The SMILES string of the molecule is CC(N)CCc1cccc2c1cnn2-c1ccc(F)cc1.O=C(O)C(F)(F)F. The van der Waals surface area contributed by atoms with Gasteiger partial charge in [-0.05, 0) is 55.7 Å². The van der Waals surface area contributed by atoms with Crippen LogP contribution in [0.15, 0.2) is 48.7 Å². The molecule has 5 nitrogen and oxygen atoms in total. The van der Waals surface area contributed by atoms with Gasteiger partial charge in [-0.2, -0.15) is 18.3 Å². The van der Waals surface area contributed by atoms with Crippen LogP contribution in [-0.2, 0) is 11.2 Å². The van der Waals surface area contributed by atoms with Gasteiger partial charge in [0.25, 0.3) is 0 Å². The summed E-state index contributed by atoms with van der Waals surface area (Å²) in [4.78, 5) is 8.90. The molecular formula is C19H19F4N3O2. The molecule has 28 heavy (non-hydrogen) atoms. The number of fused-ring (bicyclic) bond motifs is 1. The maximum Gasteiger partial charge on any atom is 0.490 e.